The molecule has 0 aromatic heterocycles. The van der Waals surface area contributed by atoms with E-state index < -0.39 is 10.0 Å². The van der Waals surface area contributed by atoms with Crippen LogP contribution in [0.1, 0.15) is 82.7 Å². The van der Waals surface area contributed by atoms with Crippen LogP contribution in [0.2, 0.25) is 0 Å². The third-order valence-corrected chi connectivity index (χ3v) is 7.05. The van der Waals surface area contributed by atoms with Crippen LogP contribution in [0.3, 0.4) is 0 Å². The summed E-state index contributed by atoms with van der Waals surface area (Å²) in [6, 6.07) is 20.3. The lowest BCUT2D eigenvalue weighted by molar-refractivity contribution is -0.147. The molecule has 4 rings (SSSR count). The lowest BCUT2D eigenvalue weighted by Crippen LogP contribution is -2.46. The van der Waals surface area contributed by atoms with E-state index in [9.17, 15) is 27.2 Å². The van der Waals surface area contributed by atoms with Crippen LogP contribution in [-0.2, 0) is 29.1 Å². The first-order valence-corrected chi connectivity index (χ1v) is 16.8. The van der Waals surface area contributed by atoms with Gasteiger partial charge in [0.1, 0.15) is 17.7 Å². The Morgan fingerprint density at radius 3 is 2.09 bits per heavy atom. The number of hydrogen-bond donors (Lipinski definition) is 1. The molecule has 0 saturated carbocycles. The molecule has 9 nitrogen and oxygen atoms in total. The number of esters is 2. The molecule has 46 heavy (non-hydrogen) atoms. The number of anilines is 1. The minimum absolute atomic E-state index is 0.0234. The minimum Gasteiger partial charge on any atom is -0.458 e. The van der Waals surface area contributed by atoms with E-state index in [0.29, 0.717) is 12.2 Å². The number of benzene rings is 3. The molecule has 246 valence electrons. The van der Waals surface area contributed by atoms with E-state index in [1.165, 1.54) is 26.0 Å². The van der Waals surface area contributed by atoms with Crippen molar-refractivity contribution in [3.8, 4) is 17.6 Å². The van der Waals surface area contributed by atoms with Crippen LogP contribution in [-0.4, -0.2) is 39.1 Å². The smallest absolute Gasteiger partial charge is 0.308 e. The Labute approximate surface area is 271 Å². The second kappa shape index (κ2) is 18.4. The number of nitrogens with zero attached hydrogens (tertiary/aromatic N) is 1. The minimum atomic E-state index is -3.26. The summed E-state index contributed by atoms with van der Waals surface area (Å²) in [7, 11) is -3.26. The van der Waals surface area contributed by atoms with Crippen LogP contribution < -0.4 is 14.4 Å². The van der Waals surface area contributed by atoms with Crippen LogP contribution in [0.25, 0.3) is 0 Å². The summed E-state index contributed by atoms with van der Waals surface area (Å²) in [6.45, 7) is 8.78. The van der Waals surface area contributed by atoms with Gasteiger partial charge in [-0.15, -0.1) is 0 Å². The van der Waals surface area contributed by atoms with Gasteiger partial charge in [-0.3, -0.25) is 14.4 Å². The number of rotatable bonds is 9. The Bertz CT molecular complexity index is 1610. The standard InChI is InChI=1S/C21H20N2O5S.C12H15FO2.C2H6/c1-15(24)28-19-11-7-17(8-12-19)20-14-21(25)23(20)18-9-5-16(6-10-18)4-3-13-22-29(2,26)27;1-3-4-12(15-9(2)14)10-5-7-11(13)8-6-10;1-2/h5-12,20,22H,13-14H2,1-2H3;5-8,12H,3-4H2,1-2H3;1-2H3/t20-;12-;/m00./s1. The van der Waals surface area contributed by atoms with Gasteiger partial charge in [-0.05, 0) is 66.1 Å². The topological polar surface area (TPSA) is 119 Å². The molecule has 0 bridgehead atoms. The lowest BCUT2D eigenvalue weighted by atomic mass is 9.93. The zero-order valence-electron chi connectivity index (χ0n) is 27.0. The molecule has 1 N–H and O–H groups in total. The summed E-state index contributed by atoms with van der Waals surface area (Å²) >= 11 is 0. The molecular weight excluding hydrogens is 611 g/mol. The average Bonchev–Trinajstić information content (AvgIpc) is 3.00. The second-order valence-electron chi connectivity index (χ2n) is 10.0. The van der Waals surface area contributed by atoms with Crippen molar-refractivity contribution in [2.75, 3.05) is 17.7 Å². The van der Waals surface area contributed by atoms with Gasteiger partial charge in [0.2, 0.25) is 15.9 Å². The van der Waals surface area contributed by atoms with Crippen molar-refractivity contribution in [2.24, 2.45) is 0 Å². The first-order valence-electron chi connectivity index (χ1n) is 14.9. The molecule has 1 fully saturated rings. The summed E-state index contributed by atoms with van der Waals surface area (Å²) in [6.07, 6.45) is 2.90. The van der Waals surface area contributed by atoms with Crippen molar-refractivity contribution in [3.63, 3.8) is 0 Å². The van der Waals surface area contributed by atoms with Crippen molar-refractivity contribution in [1.29, 1.82) is 0 Å². The van der Waals surface area contributed by atoms with Gasteiger partial charge in [0.05, 0.1) is 25.3 Å². The molecule has 1 heterocycles. The maximum absolute atomic E-state index is 12.7. The molecule has 0 unspecified atom stereocenters. The number of carbonyl (C=O) groups excluding carboxylic acids is 3. The summed E-state index contributed by atoms with van der Waals surface area (Å²) in [5.74, 6) is 5.13. The predicted molar refractivity (Wildman–Crippen MR) is 176 cm³/mol. The van der Waals surface area contributed by atoms with Crippen molar-refractivity contribution in [1.82, 2.24) is 4.72 Å². The third-order valence-electron chi connectivity index (χ3n) is 6.38. The van der Waals surface area contributed by atoms with E-state index >= 15 is 0 Å². The number of halogens is 1. The van der Waals surface area contributed by atoms with Crippen molar-refractivity contribution < 1.29 is 36.7 Å². The van der Waals surface area contributed by atoms with E-state index in [-0.39, 0.29) is 42.4 Å². The Kier molecular flexibility index (Phi) is 15.1. The molecule has 3 aromatic rings. The molecular formula is C35H41FN2O7S. The molecule has 3 aromatic carbocycles. The van der Waals surface area contributed by atoms with Gasteiger partial charge in [-0.2, -0.15) is 0 Å². The van der Waals surface area contributed by atoms with Gasteiger partial charge in [0, 0.05) is 25.1 Å². The number of ether oxygens (including phenoxy) is 2. The molecule has 1 aliphatic heterocycles. The Balaban J connectivity index is 0.000000365. The van der Waals surface area contributed by atoms with Gasteiger partial charge in [-0.25, -0.2) is 17.5 Å². The van der Waals surface area contributed by atoms with Gasteiger partial charge < -0.3 is 14.4 Å². The summed E-state index contributed by atoms with van der Waals surface area (Å²) < 4.78 is 47.2. The first-order chi connectivity index (χ1) is 21.9. The highest BCUT2D eigenvalue weighted by atomic mass is 32.2. The van der Waals surface area contributed by atoms with Crippen molar-refractivity contribution in [3.05, 3.63) is 95.3 Å². The molecule has 0 spiro atoms. The van der Waals surface area contributed by atoms with Crippen molar-refractivity contribution >= 4 is 33.6 Å². The highest BCUT2D eigenvalue weighted by molar-refractivity contribution is 7.88. The maximum atomic E-state index is 12.7. The van der Waals surface area contributed by atoms with Crippen LogP contribution in [0, 0.1) is 17.7 Å². The molecule has 11 heteroatoms. The number of β-lactam (4-membered cyclic amide) rings is 1. The van der Waals surface area contributed by atoms with E-state index in [4.69, 9.17) is 9.47 Å². The summed E-state index contributed by atoms with van der Waals surface area (Å²) in [5.41, 5.74) is 3.28. The first kappa shape index (κ1) is 37.7. The molecule has 0 radical (unpaired) electrons. The number of amides is 1. The quantitative estimate of drug-likeness (QED) is 0.126. The molecule has 1 saturated heterocycles. The largest absolute Gasteiger partial charge is 0.458 e. The fourth-order valence-corrected chi connectivity index (χ4v) is 4.72. The van der Waals surface area contributed by atoms with E-state index in [0.717, 1.165) is 41.5 Å². The second-order valence-corrected chi connectivity index (χ2v) is 11.9. The number of hydrogen-bond acceptors (Lipinski definition) is 7. The highest BCUT2D eigenvalue weighted by Gasteiger charge is 2.38. The van der Waals surface area contributed by atoms with Crippen LogP contribution in [0.4, 0.5) is 10.1 Å². The fourth-order valence-electron chi connectivity index (χ4n) is 4.38. The number of carbonyl (C=O) groups is 3. The number of nitrogens with one attached hydrogen (secondary N) is 1. The van der Waals surface area contributed by atoms with Crippen LogP contribution in [0.5, 0.6) is 5.75 Å². The van der Waals surface area contributed by atoms with Gasteiger partial charge >= 0.3 is 11.9 Å². The monoisotopic (exact) mass is 652 g/mol. The van der Waals surface area contributed by atoms with Gasteiger partial charge in [0.15, 0.2) is 0 Å². The zero-order chi connectivity index (χ0) is 34.3. The van der Waals surface area contributed by atoms with Crippen LogP contribution >= 0.6 is 0 Å². The van der Waals surface area contributed by atoms with Gasteiger partial charge in [0.25, 0.3) is 0 Å². The van der Waals surface area contributed by atoms with Gasteiger partial charge in [-0.1, -0.05) is 63.3 Å². The molecule has 1 aliphatic rings. The van der Waals surface area contributed by atoms with E-state index in [1.807, 2.05) is 45.0 Å². The highest BCUT2D eigenvalue weighted by Crippen LogP contribution is 2.39. The summed E-state index contributed by atoms with van der Waals surface area (Å²) in [4.78, 5) is 35.8. The SMILES string of the molecule is CC.CC(=O)Oc1ccc([C@@H]2CC(=O)N2c2ccc(C#CCNS(C)(=O)=O)cc2)cc1.CCC[C@H](OC(C)=O)c1ccc(F)cc1. The predicted octanol–water partition coefficient (Wildman–Crippen LogP) is 6.25. The average molecular weight is 653 g/mol. The normalized spacial score (nSPS) is 14.1. The Hall–Kier alpha value is -4.53. The van der Waals surface area contributed by atoms with Crippen molar-refractivity contribution in [2.45, 2.75) is 66.0 Å². The summed E-state index contributed by atoms with van der Waals surface area (Å²) in [5, 5.41) is 0. The maximum Gasteiger partial charge on any atom is 0.308 e. The molecule has 0 aliphatic carbocycles. The van der Waals surface area contributed by atoms with E-state index in [2.05, 4.69) is 16.6 Å². The fraction of sp³-hybridized carbons (Fsp3) is 0.343. The third kappa shape index (κ3) is 12.5. The molecule has 1 amide bonds. The van der Waals surface area contributed by atoms with E-state index in [1.54, 1.807) is 41.3 Å². The Morgan fingerprint density at radius 1 is 0.978 bits per heavy atom. The molecule has 2 atom stereocenters. The van der Waals surface area contributed by atoms with Crippen LogP contribution in [0.15, 0.2) is 72.8 Å². The zero-order valence-corrected chi connectivity index (χ0v) is 27.8. The lowest BCUT2D eigenvalue weighted by Gasteiger charge is -2.40. The number of sulfonamides is 1. The Morgan fingerprint density at radius 2 is 1.59 bits per heavy atom.